The van der Waals surface area contributed by atoms with Crippen molar-refractivity contribution in [3.05, 3.63) is 102 Å². The molecule has 0 spiro atoms. The van der Waals surface area contributed by atoms with Crippen LogP contribution in [0.1, 0.15) is 33.1 Å². The number of aromatic nitrogens is 6. The number of nitrogens with one attached hydrogen (secondary N) is 1. The van der Waals surface area contributed by atoms with E-state index >= 15 is 0 Å². The number of benzene rings is 1. The molecule has 1 saturated heterocycles. The van der Waals surface area contributed by atoms with Crippen LogP contribution in [0, 0.1) is 6.92 Å². The summed E-state index contributed by atoms with van der Waals surface area (Å²) >= 11 is 0. The summed E-state index contributed by atoms with van der Waals surface area (Å²) < 4.78 is 3.39. The smallest absolute Gasteiger partial charge is 0.262 e. The van der Waals surface area contributed by atoms with E-state index in [9.17, 15) is 4.79 Å². The molecule has 9 nitrogen and oxygen atoms in total. The first-order chi connectivity index (χ1) is 17.1. The Kier molecular flexibility index (Phi) is 5.31. The van der Waals surface area contributed by atoms with Gasteiger partial charge in [0, 0.05) is 56.4 Å². The SMILES string of the molecule is Cc1ccc(-n2nc(C3CN(Cc4cccnc4)C3)cc2NC(=O)c2cnn3cccnc23)cc1. The van der Waals surface area contributed by atoms with Crippen LogP contribution in [0.15, 0.2) is 79.5 Å². The molecule has 1 aliphatic heterocycles. The quantitative estimate of drug-likeness (QED) is 0.414. The number of fused-ring (bicyclic) bond motifs is 1. The number of hydrogen-bond donors (Lipinski definition) is 1. The summed E-state index contributed by atoms with van der Waals surface area (Å²) in [6.07, 6.45) is 8.65. The summed E-state index contributed by atoms with van der Waals surface area (Å²) in [6, 6.07) is 15.9. The lowest BCUT2D eigenvalue weighted by Crippen LogP contribution is -2.44. The topological polar surface area (TPSA) is 93.2 Å². The van der Waals surface area contributed by atoms with E-state index in [0.717, 1.165) is 36.6 Å². The zero-order valence-electron chi connectivity index (χ0n) is 19.2. The van der Waals surface area contributed by atoms with Gasteiger partial charge >= 0.3 is 0 Å². The number of hydrogen-bond acceptors (Lipinski definition) is 6. The first kappa shape index (κ1) is 21.2. The number of carbonyl (C=O) groups is 1. The van der Waals surface area contributed by atoms with Crippen molar-refractivity contribution in [2.45, 2.75) is 19.4 Å². The summed E-state index contributed by atoms with van der Waals surface area (Å²) in [5.41, 5.74) is 5.13. The van der Waals surface area contributed by atoms with E-state index in [2.05, 4.69) is 31.3 Å². The fraction of sp³-hybridized carbons (Fsp3) is 0.192. The predicted octanol–water partition coefficient (Wildman–Crippen LogP) is 3.47. The van der Waals surface area contributed by atoms with Crippen LogP contribution in [-0.4, -0.2) is 53.3 Å². The zero-order chi connectivity index (χ0) is 23.8. The molecule has 0 atom stereocenters. The molecule has 4 aromatic heterocycles. The third-order valence-electron chi connectivity index (χ3n) is 6.28. The maximum absolute atomic E-state index is 13.2. The van der Waals surface area contributed by atoms with Gasteiger partial charge in [0.2, 0.25) is 0 Å². The Morgan fingerprint density at radius 2 is 1.94 bits per heavy atom. The Balaban J connectivity index is 1.26. The molecule has 9 heteroatoms. The largest absolute Gasteiger partial charge is 0.306 e. The molecule has 1 fully saturated rings. The van der Waals surface area contributed by atoms with Gasteiger partial charge in [-0.05, 0) is 36.8 Å². The molecule has 1 amide bonds. The van der Waals surface area contributed by atoms with Crippen LogP contribution in [0.2, 0.25) is 0 Å². The van der Waals surface area contributed by atoms with Crippen molar-refractivity contribution in [3.8, 4) is 5.69 Å². The fourth-order valence-electron chi connectivity index (χ4n) is 4.38. The molecule has 174 valence electrons. The molecule has 0 aliphatic carbocycles. The van der Waals surface area contributed by atoms with Gasteiger partial charge in [-0.2, -0.15) is 10.2 Å². The van der Waals surface area contributed by atoms with E-state index < -0.39 is 0 Å². The average Bonchev–Trinajstić information content (AvgIpc) is 3.47. The number of carbonyl (C=O) groups excluding carboxylic acids is 1. The average molecular weight is 465 g/mol. The van der Waals surface area contributed by atoms with E-state index in [4.69, 9.17) is 5.10 Å². The first-order valence-corrected chi connectivity index (χ1v) is 11.5. The third-order valence-corrected chi connectivity index (χ3v) is 6.28. The van der Waals surface area contributed by atoms with Crippen LogP contribution in [-0.2, 0) is 6.54 Å². The van der Waals surface area contributed by atoms with Gasteiger partial charge in [0.05, 0.1) is 17.6 Å². The van der Waals surface area contributed by atoms with Gasteiger partial charge < -0.3 is 5.32 Å². The summed E-state index contributed by atoms with van der Waals surface area (Å²) in [7, 11) is 0. The maximum Gasteiger partial charge on any atom is 0.262 e. The van der Waals surface area contributed by atoms with Crippen molar-refractivity contribution in [3.63, 3.8) is 0 Å². The lowest BCUT2D eigenvalue weighted by molar-refractivity contribution is 0.102. The molecule has 35 heavy (non-hydrogen) atoms. The highest BCUT2D eigenvalue weighted by atomic mass is 16.1. The van der Waals surface area contributed by atoms with Crippen LogP contribution >= 0.6 is 0 Å². The lowest BCUT2D eigenvalue weighted by atomic mass is 9.96. The summed E-state index contributed by atoms with van der Waals surface area (Å²) in [6.45, 7) is 4.73. The van der Waals surface area contributed by atoms with Crippen LogP contribution in [0.4, 0.5) is 5.82 Å². The van der Waals surface area contributed by atoms with E-state index in [1.807, 2.05) is 49.5 Å². The fourth-order valence-corrected chi connectivity index (χ4v) is 4.38. The molecular formula is C26H24N8O. The Morgan fingerprint density at radius 1 is 1.09 bits per heavy atom. The standard InChI is InChI=1S/C26H24N8O/c1-18-5-7-21(8-6-18)34-24(30-26(35)22-14-29-33-11-3-10-28-25(22)33)12-23(31-34)20-16-32(17-20)15-19-4-2-9-27-13-19/h2-14,20H,15-17H2,1H3,(H,30,35). The van der Waals surface area contributed by atoms with Crippen LogP contribution < -0.4 is 5.32 Å². The third kappa shape index (κ3) is 4.17. The second-order valence-corrected chi connectivity index (χ2v) is 8.85. The molecular weight excluding hydrogens is 440 g/mol. The molecule has 1 aliphatic rings. The molecule has 0 unspecified atom stereocenters. The van der Waals surface area contributed by atoms with Crippen molar-refractivity contribution in [1.82, 2.24) is 34.3 Å². The Labute approximate surface area is 202 Å². The van der Waals surface area contributed by atoms with Crippen LogP contribution in [0.3, 0.4) is 0 Å². The molecule has 0 radical (unpaired) electrons. The van der Waals surface area contributed by atoms with Crippen molar-refractivity contribution in [2.75, 3.05) is 18.4 Å². The second-order valence-electron chi connectivity index (χ2n) is 8.85. The number of anilines is 1. The minimum atomic E-state index is -0.273. The molecule has 1 aromatic carbocycles. The summed E-state index contributed by atoms with van der Waals surface area (Å²) in [4.78, 5) is 24.1. The molecule has 0 bridgehead atoms. The van der Waals surface area contributed by atoms with Gasteiger partial charge in [-0.25, -0.2) is 14.2 Å². The maximum atomic E-state index is 13.2. The minimum absolute atomic E-state index is 0.273. The van der Waals surface area contributed by atoms with Crippen molar-refractivity contribution in [2.24, 2.45) is 0 Å². The number of nitrogens with zero attached hydrogens (tertiary/aromatic N) is 7. The van der Waals surface area contributed by atoms with E-state index in [1.165, 1.54) is 11.8 Å². The van der Waals surface area contributed by atoms with Gasteiger partial charge in [-0.1, -0.05) is 23.8 Å². The van der Waals surface area contributed by atoms with Gasteiger partial charge in [0.1, 0.15) is 11.4 Å². The van der Waals surface area contributed by atoms with Gasteiger partial charge in [-0.3, -0.25) is 14.7 Å². The minimum Gasteiger partial charge on any atom is -0.306 e. The monoisotopic (exact) mass is 464 g/mol. The Morgan fingerprint density at radius 3 is 2.74 bits per heavy atom. The summed E-state index contributed by atoms with van der Waals surface area (Å²) in [5.74, 6) is 0.646. The van der Waals surface area contributed by atoms with E-state index in [-0.39, 0.29) is 5.91 Å². The van der Waals surface area contributed by atoms with Crippen molar-refractivity contribution < 1.29 is 4.79 Å². The first-order valence-electron chi connectivity index (χ1n) is 11.5. The van der Waals surface area contributed by atoms with Crippen molar-refractivity contribution in [1.29, 1.82) is 0 Å². The number of amides is 1. The number of pyridine rings is 1. The van der Waals surface area contributed by atoms with E-state index in [1.54, 1.807) is 33.9 Å². The number of rotatable bonds is 6. The summed E-state index contributed by atoms with van der Waals surface area (Å²) in [5, 5.41) is 12.2. The van der Waals surface area contributed by atoms with Gasteiger partial charge in [0.25, 0.3) is 5.91 Å². The predicted molar refractivity (Wildman–Crippen MR) is 131 cm³/mol. The molecule has 5 heterocycles. The molecule has 6 rings (SSSR count). The Hall–Kier alpha value is -4.37. The van der Waals surface area contributed by atoms with E-state index in [0.29, 0.717) is 22.9 Å². The van der Waals surface area contributed by atoms with Crippen molar-refractivity contribution >= 4 is 17.4 Å². The van der Waals surface area contributed by atoms with Crippen LogP contribution in [0.25, 0.3) is 11.3 Å². The molecule has 1 N–H and O–H groups in total. The van der Waals surface area contributed by atoms with Crippen LogP contribution in [0.5, 0.6) is 0 Å². The van der Waals surface area contributed by atoms with Gasteiger partial charge in [0.15, 0.2) is 5.65 Å². The Bertz CT molecular complexity index is 1480. The number of aryl methyl sites for hydroxylation is 1. The highest BCUT2D eigenvalue weighted by Crippen LogP contribution is 2.30. The highest BCUT2D eigenvalue weighted by Gasteiger charge is 2.31. The zero-order valence-corrected chi connectivity index (χ0v) is 19.2. The lowest BCUT2D eigenvalue weighted by Gasteiger charge is -2.38. The highest BCUT2D eigenvalue weighted by molar-refractivity contribution is 6.07. The second kappa shape index (κ2) is 8.77. The molecule has 5 aromatic rings. The normalized spacial score (nSPS) is 14.2. The molecule has 0 saturated carbocycles. The van der Waals surface area contributed by atoms with Gasteiger partial charge in [-0.15, -0.1) is 0 Å². The number of likely N-dealkylation sites (tertiary alicyclic amines) is 1.